The number of carboxylic acids is 1. The normalized spacial score (nSPS) is 24.1. The van der Waals surface area contributed by atoms with E-state index in [4.69, 9.17) is 10.8 Å². The molecule has 0 aromatic heterocycles. The first-order valence-electron chi connectivity index (χ1n) is 3.91. The maximum atomic E-state index is 12.9. The number of carboxylic acid groups (broad SMARTS) is 1. The van der Waals surface area contributed by atoms with Crippen molar-refractivity contribution < 1.29 is 27.5 Å². The first kappa shape index (κ1) is 11.2. The molecule has 2 unspecified atom stereocenters. The molecule has 14 heavy (non-hydrogen) atoms. The van der Waals surface area contributed by atoms with Crippen LogP contribution in [0.2, 0.25) is 0 Å². The third-order valence-electron chi connectivity index (χ3n) is 2.50. The lowest BCUT2D eigenvalue weighted by molar-refractivity contribution is -0.202. The molecule has 0 amide bonds. The first-order valence-corrected chi connectivity index (χ1v) is 3.91. The van der Waals surface area contributed by atoms with Crippen molar-refractivity contribution in [1.82, 2.24) is 0 Å². The van der Waals surface area contributed by atoms with E-state index in [-0.39, 0.29) is 12.8 Å². The molecule has 0 heterocycles. The van der Waals surface area contributed by atoms with Crippen molar-refractivity contribution in [2.75, 3.05) is 0 Å². The molecule has 0 aliphatic heterocycles. The lowest BCUT2D eigenvalue weighted by Crippen LogP contribution is -2.48. The molecule has 1 rings (SSSR count). The highest BCUT2D eigenvalue weighted by molar-refractivity contribution is 5.75. The van der Waals surface area contributed by atoms with E-state index in [0.717, 1.165) is 0 Å². The second kappa shape index (κ2) is 3.08. The van der Waals surface area contributed by atoms with Gasteiger partial charge in [-0.2, -0.15) is 13.2 Å². The molecule has 7 heteroatoms. The average molecular weight is 215 g/mol. The highest BCUT2D eigenvalue weighted by Crippen LogP contribution is 2.56. The molecule has 0 aromatic carbocycles. The lowest BCUT2D eigenvalue weighted by Gasteiger charge is -2.25. The average Bonchev–Trinajstić information content (AvgIpc) is 2.80. The van der Waals surface area contributed by atoms with Crippen LogP contribution in [0, 0.1) is 5.41 Å². The van der Waals surface area contributed by atoms with E-state index >= 15 is 0 Å². The first-order chi connectivity index (χ1) is 6.22. The Morgan fingerprint density at radius 3 is 2.07 bits per heavy atom. The molecule has 0 saturated heterocycles. The largest absolute Gasteiger partial charge is 0.480 e. The van der Waals surface area contributed by atoms with Gasteiger partial charge in [-0.1, -0.05) is 0 Å². The van der Waals surface area contributed by atoms with Gasteiger partial charge in [0.1, 0.15) is 6.04 Å². The van der Waals surface area contributed by atoms with Crippen molar-refractivity contribution in [2.24, 2.45) is 11.1 Å². The second-order valence-electron chi connectivity index (χ2n) is 3.45. The second-order valence-corrected chi connectivity index (χ2v) is 3.45. The van der Waals surface area contributed by atoms with Gasteiger partial charge < -0.3 is 10.8 Å². The quantitative estimate of drug-likeness (QED) is 0.692. The van der Waals surface area contributed by atoms with Crippen LogP contribution < -0.4 is 5.73 Å². The van der Waals surface area contributed by atoms with Gasteiger partial charge in [0.15, 0.2) is 0 Å². The molecule has 3 nitrogen and oxygen atoms in total. The van der Waals surface area contributed by atoms with Gasteiger partial charge in [-0.3, -0.25) is 4.79 Å². The molecule has 0 bridgehead atoms. The number of aliphatic carboxylic acids is 1. The van der Waals surface area contributed by atoms with E-state index in [9.17, 15) is 22.4 Å². The molecule has 1 aliphatic rings. The number of alkyl halides is 4. The number of halogens is 4. The highest BCUT2D eigenvalue weighted by Gasteiger charge is 2.65. The smallest absolute Gasteiger partial charge is 0.420 e. The van der Waals surface area contributed by atoms with Gasteiger partial charge in [0.25, 0.3) is 0 Å². The minimum absolute atomic E-state index is 0.138. The maximum absolute atomic E-state index is 12.9. The molecular formula is C7H9F4NO2. The predicted octanol–water partition coefficient (Wildman–Crippen LogP) is 1.08. The Morgan fingerprint density at radius 1 is 1.43 bits per heavy atom. The van der Waals surface area contributed by atoms with Crippen molar-refractivity contribution in [3.8, 4) is 0 Å². The van der Waals surface area contributed by atoms with Crippen LogP contribution in [0.15, 0.2) is 0 Å². The summed E-state index contributed by atoms with van der Waals surface area (Å²) in [7, 11) is 0. The number of hydrogen-bond acceptors (Lipinski definition) is 2. The summed E-state index contributed by atoms with van der Waals surface area (Å²) in [5.74, 6) is -1.60. The summed E-state index contributed by atoms with van der Waals surface area (Å²) < 4.78 is 48.8. The Bertz CT molecular complexity index is 249. The van der Waals surface area contributed by atoms with Gasteiger partial charge in [0, 0.05) is 5.41 Å². The van der Waals surface area contributed by atoms with Crippen LogP contribution >= 0.6 is 0 Å². The van der Waals surface area contributed by atoms with Crippen LogP contribution in [0.25, 0.3) is 0 Å². The van der Waals surface area contributed by atoms with E-state index < -0.39 is 29.8 Å². The van der Waals surface area contributed by atoms with E-state index in [1.54, 1.807) is 0 Å². The van der Waals surface area contributed by atoms with E-state index in [2.05, 4.69) is 0 Å². The standard InChI is InChI=1S/C7H9F4NO2/c8-5(7(9,10)11)6(1-2-6)3(12)4(13)14/h3,5H,1-2,12H2,(H,13,14). The van der Waals surface area contributed by atoms with E-state index in [1.807, 2.05) is 0 Å². The topological polar surface area (TPSA) is 63.3 Å². The Hall–Kier alpha value is -0.850. The summed E-state index contributed by atoms with van der Waals surface area (Å²) in [6, 6.07) is -1.79. The summed E-state index contributed by atoms with van der Waals surface area (Å²) in [5, 5.41) is 8.41. The van der Waals surface area contributed by atoms with E-state index in [1.165, 1.54) is 0 Å². The predicted molar refractivity (Wildman–Crippen MR) is 38.2 cm³/mol. The molecule has 3 N–H and O–H groups in total. The van der Waals surface area contributed by atoms with Crippen LogP contribution in [0.4, 0.5) is 17.6 Å². The van der Waals surface area contributed by atoms with Crippen LogP contribution in [0.3, 0.4) is 0 Å². The molecule has 2 atom stereocenters. The molecule has 1 saturated carbocycles. The third-order valence-corrected chi connectivity index (χ3v) is 2.50. The van der Waals surface area contributed by atoms with Crippen LogP contribution in [-0.4, -0.2) is 29.5 Å². The Kier molecular flexibility index (Phi) is 2.47. The molecule has 82 valence electrons. The summed E-state index contributed by atoms with van der Waals surface area (Å²) in [5.41, 5.74) is 3.07. The Balaban J connectivity index is 2.81. The summed E-state index contributed by atoms with van der Waals surface area (Å²) in [6.45, 7) is 0. The van der Waals surface area contributed by atoms with Crippen molar-refractivity contribution in [3.63, 3.8) is 0 Å². The molecule has 0 aromatic rings. The van der Waals surface area contributed by atoms with Gasteiger partial charge in [-0.05, 0) is 12.8 Å². The minimum Gasteiger partial charge on any atom is -0.480 e. The molecule has 0 radical (unpaired) electrons. The fourth-order valence-corrected chi connectivity index (χ4v) is 1.44. The van der Waals surface area contributed by atoms with Crippen LogP contribution in [0.1, 0.15) is 12.8 Å². The lowest BCUT2D eigenvalue weighted by atomic mass is 9.91. The van der Waals surface area contributed by atoms with Crippen molar-refractivity contribution in [1.29, 1.82) is 0 Å². The van der Waals surface area contributed by atoms with Gasteiger partial charge >= 0.3 is 12.1 Å². The van der Waals surface area contributed by atoms with E-state index in [0.29, 0.717) is 0 Å². The van der Waals surface area contributed by atoms with Gasteiger partial charge in [-0.15, -0.1) is 0 Å². The van der Waals surface area contributed by atoms with Crippen molar-refractivity contribution >= 4 is 5.97 Å². The van der Waals surface area contributed by atoms with Crippen LogP contribution in [0.5, 0.6) is 0 Å². The monoisotopic (exact) mass is 215 g/mol. The van der Waals surface area contributed by atoms with Crippen molar-refractivity contribution in [2.45, 2.75) is 31.2 Å². The van der Waals surface area contributed by atoms with Crippen LogP contribution in [-0.2, 0) is 4.79 Å². The SMILES string of the molecule is NC(C(=O)O)C1(C(F)C(F)(F)F)CC1. The van der Waals surface area contributed by atoms with Crippen molar-refractivity contribution in [3.05, 3.63) is 0 Å². The summed E-state index contributed by atoms with van der Waals surface area (Å²) >= 11 is 0. The zero-order valence-electron chi connectivity index (χ0n) is 7.01. The number of nitrogens with two attached hydrogens (primary N) is 1. The number of carbonyl (C=O) groups is 1. The molecule has 0 spiro atoms. The zero-order valence-corrected chi connectivity index (χ0v) is 7.01. The zero-order chi connectivity index (χ0) is 11.1. The van der Waals surface area contributed by atoms with Gasteiger partial charge in [0.05, 0.1) is 0 Å². The van der Waals surface area contributed by atoms with Gasteiger partial charge in [-0.25, -0.2) is 4.39 Å². The van der Waals surface area contributed by atoms with Gasteiger partial charge in [0.2, 0.25) is 6.17 Å². The number of hydrogen-bond donors (Lipinski definition) is 2. The third kappa shape index (κ3) is 1.68. The minimum atomic E-state index is -5.04. The molecular weight excluding hydrogens is 206 g/mol. The Morgan fingerprint density at radius 2 is 1.86 bits per heavy atom. The number of rotatable bonds is 3. The fourth-order valence-electron chi connectivity index (χ4n) is 1.44. The Labute approximate surface area is 76.9 Å². The summed E-state index contributed by atoms with van der Waals surface area (Å²) in [4.78, 5) is 10.4. The molecule has 1 aliphatic carbocycles. The highest BCUT2D eigenvalue weighted by atomic mass is 19.4. The molecule has 1 fully saturated rings. The fraction of sp³-hybridized carbons (Fsp3) is 0.857. The summed E-state index contributed by atoms with van der Waals surface area (Å²) in [6.07, 6.45) is -8.47. The maximum Gasteiger partial charge on any atom is 0.420 e.